The quantitative estimate of drug-likeness (QED) is 0.724. The van der Waals surface area contributed by atoms with E-state index in [2.05, 4.69) is 9.36 Å². The fourth-order valence-electron chi connectivity index (χ4n) is 1.44. The molecule has 5 heteroatoms. The first-order valence-corrected chi connectivity index (χ1v) is 5.33. The number of hydrogen-bond acceptors (Lipinski definition) is 4. The van der Waals surface area contributed by atoms with Crippen molar-refractivity contribution in [3.63, 3.8) is 0 Å². The van der Waals surface area contributed by atoms with E-state index in [4.69, 9.17) is 0 Å². The Morgan fingerprint density at radius 2 is 2.15 bits per heavy atom. The molecule has 0 unspecified atom stereocenters. The molecule has 0 amide bonds. The van der Waals surface area contributed by atoms with Crippen LogP contribution < -0.4 is 4.90 Å². The molecule has 70 valence electrons. The summed E-state index contributed by atoms with van der Waals surface area (Å²) in [6, 6.07) is 0. The molecule has 0 bridgehead atoms. The number of halogens is 1. The molecule has 0 atom stereocenters. The third-order valence-electron chi connectivity index (χ3n) is 2.48. The molecule has 1 aromatic rings. The molecule has 1 aliphatic heterocycles. The van der Waals surface area contributed by atoms with Crippen molar-refractivity contribution < 1.29 is 4.39 Å². The van der Waals surface area contributed by atoms with E-state index < -0.39 is 6.17 Å². The van der Waals surface area contributed by atoms with Gasteiger partial charge in [-0.3, -0.25) is 0 Å². The summed E-state index contributed by atoms with van der Waals surface area (Å²) in [5, 5.41) is 0.899. The van der Waals surface area contributed by atoms with Crippen LogP contribution >= 0.6 is 11.5 Å². The molecule has 1 aromatic heterocycles. The summed E-state index contributed by atoms with van der Waals surface area (Å²) in [6.07, 6.45) is 1.79. The van der Waals surface area contributed by atoms with E-state index in [9.17, 15) is 4.39 Å². The Balaban J connectivity index is 1.74. The minimum atomic E-state index is -0.659. The zero-order chi connectivity index (χ0) is 8.84. The normalized spacial score (nSPS) is 23.3. The van der Waals surface area contributed by atoms with Crippen LogP contribution in [0.3, 0.4) is 0 Å². The van der Waals surface area contributed by atoms with Crippen LogP contribution in [0.4, 0.5) is 9.52 Å². The number of aromatic nitrogens is 2. The average Bonchev–Trinajstić information content (AvgIpc) is 2.80. The largest absolute Gasteiger partial charge is 0.341 e. The molecule has 1 saturated carbocycles. The lowest BCUT2D eigenvalue weighted by Crippen LogP contribution is -2.48. The van der Waals surface area contributed by atoms with Gasteiger partial charge in [-0.25, -0.2) is 9.37 Å². The summed E-state index contributed by atoms with van der Waals surface area (Å²) in [4.78, 5) is 6.35. The van der Waals surface area contributed by atoms with Gasteiger partial charge in [-0.15, -0.1) is 0 Å². The summed E-state index contributed by atoms with van der Waals surface area (Å²) in [7, 11) is 0. The molecule has 0 radical (unpaired) electrons. The molecule has 1 saturated heterocycles. The second kappa shape index (κ2) is 2.64. The second-order valence-corrected chi connectivity index (χ2v) is 4.44. The number of anilines is 1. The van der Waals surface area contributed by atoms with E-state index in [1.54, 1.807) is 0 Å². The first-order chi connectivity index (χ1) is 6.33. The zero-order valence-corrected chi connectivity index (χ0v) is 7.93. The lowest BCUT2D eigenvalue weighted by Gasteiger charge is -2.33. The Morgan fingerprint density at radius 1 is 1.38 bits per heavy atom. The van der Waals surface area contributed by atoms with Crippen molar-refractivity contribution in [2.45, 2.75) is 24.9 Å². The van der Waals surface area contributed by atoms with Crippen LogP contribution in [0.1, 0.15) is 24.6 Å². The summed E-state index contributed by atoms with van der Waals surface area (Å²) in [6.45, 7) is 0.999. The maximum atomic E-state index is 12.5. The van der Waals surface area contributed by atoms with Crippen LogP contribution in [-0.2, 0) is 0 Å². The molecule has 2 aliphatic rings. The second-order valence-electron chi connectivity index (χ2n) is 3.71. The number of alkyl halides is 1. The van der Waals surface area contributed by atoms with Gasteiger partial charge in [-0.05, 0) is 12.8 Å². The Hall–Kier alpha value is -0.710. The van der Waals surface area contributed by atoms with Gasteiger partial charge < -0.3 is 4.90 Å². The predicted molar refractivity (Wildman–Crippen MR) is 49.0 cm³/mol. The highest BCUT2D eigenvalue weighted by atomic mass is 32.1. The molecule has 13 heavy (non-hydrogen) atoms. The van der Waals surface area contributed by atoms with Gasteiger partial charge in [0.25, 0.3) is 0 Å². The van der Waals surface area contributed by atoms with Crippen LogP contribution in [0.5, 0.6) is 0 Å². The van der Waals surface area contributed by atoms with Crippen LogP contribution in [0.15, 0.2) is 0 Å². The standard InChI is InChI=1S/C8H10FN3S/c9-6-3-12(4-6)8-10-7(11-13-8)5-1-2-5/h5-6H,1-4H2. The molecule has 0 aromatic carbocycles. The van der Waals surface area contributed by atoms with E-state index in [0.29, 0.717) is 19.0 Å². The summed E-state index contributed by atoms with van der Waals surface area (Å²) in [5.74, 6) is 1.58. The van der Waals surface area contributed by atoms with Crippen LogP contribution in [0, 0.1) is 0 Å². The van der Waals surface area contributed by atoms with Gasteiger partial charge in [0.1, 0.15) is 12.0 Å². The molecule has 2 heterocycles. The molecule has 0 N–H and O–H groups in total. The van der Waals surface area contributed by atoms with Crippen molar-refractivity contribution in [1.82, 2.24) is 9.36 Å². The maximum Gasteiger partial charge on any atom is 0.205 e. The Kier molecular flexibility index (Phi) is 1.56. The molecular formula is C8H10FN3S. The zero-order valence-electron chi connectivity index (χ0n) is 7.11. The highest BCUT2D eigenvalue weighted by Crippen LogP contribution is 2.40. The lowest BCUT2D eigenvalue weighted by atomic mass is 10.2. The van der Waals surface area contributed by atoms with Crippen molar-refractivity contribution in [1.29, 1.82) is 0 Å². The molecule has 0 spiro atoms. The van der Waals surface area contributed by atoms with Crippen LogP contribution in [-0.4, -0.2) is 28.6 Å². The maximum absolute atomic E-state index is 12.5. The van der Waals surface area contributed by atoms with Gasteiger partial charge in [0.05, 0.1) is 13.1 Å². The van der Waals surface area contributed by atoms with Crippen LogP contribution in [0.25, 0.3) is 0 Å². The molecule has 3 rings (SSSR count). The highest BCUT2D eigenvalue weighted by molar-refractivity contribution is 7.09. The molecule has 1 aliphatic carbocycles. The summed E-state index contributed by atoms with van der Waals surface area (Å²) >= 11 is 1.40. The number of rotatable bonds is 2. The first-order valence-electron chi connectivity index (χ1n) is 4.55. The third kappa shape index (κ3) is 1.31. The first kappa shape index (κ1) is 7.67. The Labute approximate surface area is 79.8 Å². The fourth-order valence-corrected chi connectivity index (χ4v) is 2.21. The monoisotopic (exact) mass is 199 g/mol. The molecule has 2 fully saturated rings. The van der Waals surface area contributed by atoms with Crippen molar-refractivity contribution in [3.05, 3.63) is 5.82 Å². The van der Waals surface area contributed by atoms with Gasteiger partial charge in [0, 0.05) is 17.5 Å². The van der Waals surface area contributed by atoms with Crippen molar-refractivity contribution in [3.8, 4) is 0 Å². The molecular weight excluding hydrogens is 189 g/mol. The summed E-state index contributed by atoms with van der Waals surface area (Å²) < 4.78 is 16.8. The minimum absolute atomic E-state index is 0.499. The van der Waals surface area contributed by atoms with Crippen molar-refractivity contribution in [2.75, 3.05) is 18.0 Å². The van der Waals surface area contributed by atoms with Crippen molar-refractivity contribution >= 4 is 16.7 Å². The van der Waals surface area contributed by atoms with E-state index >= 15 is 0 Å². The van der Waals surface area contributed by atoms with Crippen molar-refractivity contribution in [2.24, 2.45) is 0 Å². The fraction of sp³-hybridized carbons (Fsp3) is 0.750. The highest BCUT2D eigenvalue weighted by Gasteiger charge is 2.32. The third-order valence-corrected chi connectivity index (χ3v) is 3.27. The minimum Gasteiger partial charge on any atom is -0.341 e. The van der Waals surface area contributed by atoms with Gasteiger partial charge in [0.15, 0.2) is 0 Å². The topological polar surface area (TPSA) is 29.0 Å². The number of hydrogen-bond donors (Lipinski definition) is 0. The Morgan fingerprint density at radius 3 is 2.77 bits per heavy atom. The van der Waals surface area contributed by atoms with Gasteiger partial charge >= 0.3 is 0 Å². The van der Waals surface area contributed by atoms with Gasteiger partial charge in [-0.1, -0.05) is 0 Å². The Bertz CT molecular complexity index is 317. The van der Waals surface area contributed by atoms with E-state index in [1.165, 1.54) is 24.4 Å². The SMILES string of the molecule is FC1CN(c2nc(C3CC3)ns2)C1. The smallest absolute Gasteiger partial charge is 0.205 e. The van der Waals surface area contributed by atoms with E-state index in [-0.39, 0.29) is 0 Å². The lowest BCUT2D eigenvalue weighted by molar-refractivity contribution is 0.274. The van der Waals surface area contributed by atoms with Gasteiger partial charge in [-0.2, -0.15) is 4.37 Å². The predicted octanol–water partition coefficient (Wildman–Crippen LogP) is 1.57. The summed E-state index contributed by atoms with van der Waals surface area (Å²) in [5.41, 5.74) is 0. The number of nitrogens with zero attached hydrogens (tertiary/aromatic N) is 3. The van der Waals surface area contributed by atoms with E-state index in [1.807, 2.05) is 4.90 Å². The molecule has 3 nitrogen and oxygen atoms in total. The average molecular weight is 199 g/mol. The van der Waals surface area contributed by atoms with E-state index in [0.717, 1.165) is 11.0 Å². The van der Waals surface area contributed by atoms with Crippen LogP contribution in [0.2, 0.25) is 0 Å². The van der Waals surface area contributed by atoms with Gasteiger partial charge in [0.2, 0.25) is 5.13 Å².